The van der Waals surface area contributed by atoms with Crippen LogP contribution in [0.25, 0.3) is 0 Å². The lowest BCUT2D eigenvalue weighted by atomic mass is 9.76. The third-order valence-corrected chi connectivity index (χ3v) is 2.93. The monoisotopic (exact) mass is 184 g/mol. The van der Waals surface area contributed by atoms with E-state index in [1.807, 2.05) is 6.92 Å². The number of rotatable bonds is 2. The first kappa shape index (κ1) is 10.2. The molecule has 1 aliphatic carbocycles. The number of carboxylic acid groups (broad SMARTS) is 1. The van der Waals surface area contributed by atoms with Gasteiger partial charge in [-0.1, -0.05) is 13.8 Å². The second kappa shape index (κ2) is 3.90. The van der Waals surface area contributed by atoms with Gasteiger partial charge in [-0.25, -0.2) is 0 Å². The number of aliphatic carboxylic acids is 1. The quantitative estimate of drug-likeness (QED) is 0.710. The Kier molecular flexibility index (Phi) is 3.07. The van der Waals surface area contributed by atoms with Crippen LogP contribution in [0.2, 0.25) is 0 Å². The van der Waals surface area contributed by atoms with E-state index in [0.29, 0.717) is 12.3 Å². The standard InChI is InChI=1S/C10H16O3/c1-6-3-4-8(9(11)5-6)7(2)10(12)13/h6-8H,3-5H2,1-2H3,(H,12,13)/t6-,7?,8+/m0/s1. The molecule has 0 aromatic heterocycles. The maximum absolute atomic E-state index is 11.5. The summed E-state index contributed by atoms with van der Waals surface area (Å²) in [7, 11) is 0. The van der Waals surface area contributed by atoms with Gasteiger partial charge in [-0.15, -0.1) is 0 Å². The molecule has 1 rings (SSSR count). The van der Waals surface area contributed by atoms with Crippen molar-refractivity contribution < 1.29 is 14.7 Å². The summed E-state index contributed by atoms with van der Waals surface area (Å²) >= 11 is 0. The van der Waals surface area contributed by atoms with E-state index in [4.69, 9.17) is 5.11 Å². The summed E-state index contributed by atoms with van der Waals surface area (Å²) in [4.78, 5) is 22.2. The zero-order chi connectivity index (χ0) is 10.0. The minimum Gasteiger partial charge on any atom is -0.481 e. The maximum atomic E-state index is 11.5. The van der Waals surface area contributed by atoms with Crippen LogP contribution in [0.5, 0.6) is 0 Å². The third-order valence-electron chi connectivity index (χ3n) is 2.93. The highest BCUT2D eigenvalue weighted by atomic mass is 16.4. The van der Waals surface area contributed by atoms with E-state index >= 15 is 0 Å². The van der Waals surface area contributed by atoms with Crippen LogP contribution in [0, 0.1) is 17.8 Å². The summed E-state index contributed by atoms with van der Waals surface area (Å²) < 4.78 is 0. The Bertz CT molecular complexity index is 222. The summed E-state index contributed by atoms with van der Waals surface area (Å²) in [6.45, 7) is 3.67. The summed E-state index contributed by atoms with van der Waals surface area (Å²) in [5.74, 6) is -1.04. The molecule has 0 bridgehead atoms. The third kappa shape index (κ3) is 2.29. The molecule has 1 fully saturated rings. The van der Waals surface area contributed by atoms with Crippen molar-refractivity contribution in [2.75, 3.05) is 0 Å². The van der Waals surface area contributed by atoms with E-state index in [-0.39, 0.29) is 11.7 Å². The summed E-state index contributed by atoms with van der Waals surface area (Å²) in [6.07, 6.45) is 2.28. The van der Waals surface area contributed by atoms with Crippen LogP contribution in [0.1, 0.15) is 33.1 Å². The molecule has 1 aliphatic rings. The van der Waals surface area contributed by atoms with Crippen molar-refractivity contribution in [2.24, 2.45) is 17.8 Å². The van der Waals surface area contributed by atoms with E-state index in [9.17, 15) is 9.59 Å². The molecule has 0 radical (unpaired) electrons. The number of carbonyl (C=O) groups excluding carboxylic acids is 1. The fourth-order valence-electron chi connectivity index (χ4n) is 1.92. The minimum atomic E-state index is -0.854. The van der Waals surface area contributed by atoms with Crippen molar-refractivity contribution in [2.45, 2.75) is 33.1 Å². The van der Waals surface area contributed by atoms with Gasteiger partial charge in [0.15, 0.2) is 0 Å². The molecule has 0 saturated heterocycles. The Balaban J connectivity index is 2.61. The van der Waals surface area contributed by atoms with Crippen molar-refractivity contribution >= 4 is 11.8 Å². The maximum Gasteiger partial charge on any atom is 0.306 e. The second-order valence-corrected chi connectivity index (χ2v) is 4.09. The van der Waals surface area contributed by atoms with Gasteiger partial charge in [0.1, 0.15) is 5.78 Å². The van der Waals surface area contributed by atoms with Gasteiger partial charge in [0.25, 0.3) is 0 Å². The number of hydrogen-bond acceptors (Lipinski definition) is 2. The summed E-state index contributed by atoms with van der Waals surface area (Å²) in [5.41, 5.74) is 0. The van der Waals surface area contributed by atoms with Gasteiger partial charge in [-0.2, -0.15) is 0 Å². The van der Waals surface area contributed by atoms with E-state index in [0.717, 1.165) is 12.8 Å². The van der Waals surface area contributed by atoms with E-state index in [1.165, 1.54) is 0 Å². The Hall–Kier alpha value is -0.860. The van der Waals surface area contributed by atoms with Crippen LogP contribution in [0.15, 0.2) is 0 Å². The van der Waals surface area contributed by atoms with Crippen LogP contribution in [0.4, 0.5) is 0 Å². The molecule has 1 saturated carbocycles. The van der Waals surface area contributed by atoms with Crippen molar-refractivity contribution in [1.29, 1.82) is 0 Å². The zero-order valence-electron chi connectivity index (χ0n) is 8.12. The number of carbonyl (C=O) groups is 2. The molecule has 0 heterocycles. The lowest BCUT2D eigenvalue weighted by molar-refractivity contribution is -0.147. The molecular formula is C10H16O3. The van der Waals surface area contributed by atoms with E-state index < -0.39 is 11.9 Å². The average molecular weight is 184 g/mol. The fraction of sp³-hybridized carbons (Fsp3) is 0.800. The molecule has 0 aromatic carbocycles. The van der Waals surface area contributed by atoms with Crippen molar-refractivity contribution in [3.05, 3.63) is 0 Å². The van der Waals surface area contributed by atoms with Crippen LogP contribution < -0.4 is 0 Å². The van der Waals surface area contributed by atoms with Gasteiger partial charge in [0, 0.05) is 12.3 Å². The predicted octanol–water partition coefficient (Wildman–Crippen LogP) is 1.71. The van der Waals surface area contributed by atoms with Crippen LogP contribution >= 0.6 is 0 Å². The van der Waals surface area contributed by atoms with Crippen molar-refractivity contribution in [3.63, 3.8) is 0 Å². The second-order valence-electron chi connectivity index (χ2n) is 4.09. The summed E-state index contributed by atoms with van der Waals surface area (Å²) in [5, 5.41) is 8.77. The van der Waals surface area contributed by atoms with Gasteiger partial charge in [0.2, 0.25) is 0 Å². The molecule has 3 nitrogen and oxygen atoms in total. The first-order valence-corrected chi connectivity index (χ1v) is 4.78. The molecule has 0 amide bonds. The number of hydrogen-bond donors (Lipinski definition) is 1. The van der Waals surface area contributed by atoms with Crippen molar-refractivity contribution in [1.82, 2.24) is 0 Å². The largest absolute Gasteiger partial charge is 0.481 e. The zero-order valence-corrected chi connectivity index (χ0v) is 8.12. The molecule has 0 aliphatic heterocycles. The molecule has 13 heavy (non-hydrogen) atoms. The lowest BCUT2D eigenvalue weighted by Gasteiger charge is -2.27. The normalized spacial score (nSPS) is 31.4. The molecule has 3 atom stereocenters. The molecule has 0 aromatic rings. The van der Waals surface area contributed by atoms with E-state index in [2.05, 4.69) is 0 Å². The fourth-order valence-corrected chi connectivity index (χ4v) is 1.92. The number of carboxylic acids is 1. The topological polar surface area (TPSA) is 54.4 Å². The van der Waals surface area contributed by atoms with Gasteiger partial charge < -0.3 is 5.11 Å². The van der Waals surface area contributed by atoms with Crippen molar-refractivity contribution in [3.8, 4) is 0 Å². The van der Waals surface area contributed by atoms with Crippen LogP contribution in [0.3, 0.4) is 0 Å². The Morgan fingerprint density at radius 2 is 2.15 bits per heavy atom. The molecule has 0 spiro atoms. The Labute approximate surface area is 78.1 Å². The number of Topliss-reactive ketones (excluding diaryl/α,β-unsaturated/α-hetero) is 1. The smallest absolute Gasteiger partial charge is 0.306 e. The van der Waals surface area contributed by atoms with Crippen LogP contribution in [-0.4, -0.2) is 16.9 Å². The Morgan fingerprint density at radius 1 is 1.54 bits per heavy atom. The van der Waals surface area contributed by atoms with Gasteiger partial charge in [-0.3, -0.25) is 9.59 Å². The SMILES string of the molecule is CC(C(=O)O)[C@H]1CC[C@H](C)CC1=O. The average Bonchev–Trinajstić information content (AvgIpc) is 2.03. The van der Waals surface area contributed by atoms with Gasteiger partial charge >= 0.3 is 5.97 Å². The number of ketones is 1. The predicted molar refractivity (Wildman–Crippen MR) is 48.3 cm³/mol. The van der Waals surface area contributed by atoms with E-state index in [1.54, 1.807) is 6.92 Å². The highest BCUT2D eigenvalue weighted by molar-refractivity contribution is 5.86. The molecule has 3 heteroatoms. The molecule has 74 valence electrons. The lowest BCUT2D eigenvalue weighted by Crippen LogP contribution is -2.32. The first-order chi connectivity index (χ1) is 6.02. The highest BCUT2D eigenvalue weighted by Crippen LogP contribution is 2.30. The molecule has 1 N–H and O–H groups in total. The minimum absolute atomic E-state index is 0.133. The molecular weight excluding hydrogens is 168 g/mol. The molecule has 1 unspecified atom stereocenters. The van der Waals surface area contributed by atoms with Crippen LogP contribution in [-0.2, 0) is 9.59 Å². The highest BCUT2D eigenvalue weighted by Gasteiger charge is 2.33. The van der Waals surface area contributed by atoms with Gasteiger partial charge in [0.05, 0.1) is 5.92 Å². The van der Waals surface area contributed by atoms with Gasteiger partial charge in [-0.05, 0) is 18.8 Å². The first-order valence-electron chi connectivity index (χ1n) is 4.78. The summed E-state index contributed by atoms with van der Waals surface area (Å²) in [6, 6.07) is 0. The Morgan fingerprint density at radius 3 is 2.62 bits per heavy atom.